The number of piperazine rings is 3. The number of hydrogen-bond donors (Lipinski definition) is 3. The molecule has 0 radical (unpaired) electrons. The molecule has 0 aliphatic carbocycles. The fraction of sp³-hybridized carbons (Fsp3) is 0.432. The number of pyridine rings is 6. The molecule has 0 aromatic carbocycles. The number of aldehydes is 3. The van der Waals surface area contributed by atoms with Crippen LogP contribution in [0.3, 0.4) is 0 Å². The van der Waals surface area contributed by atoms with Crippen LogP contribution >= 0.6 is 0 Å². The molecule has 6 aromatic heterocycles. The van der Waals surface area contributed by atoms with E-state index in [1.54, 1.807) is 90.6 Å². The summed E-state index contributed by atoms with van der Waals surface area (Å²) < 4.78 is 16.2. The van der Waals surface area contributed by atoms with Crippen LogP contribution in [0.4, 0.5) is 66.4 Å². The normalized spacial score (nSPS) is 17.2. The highest BCUT2D eigenvalue weighted by Crippen LogP contribution is 2.35. The van der Waals surface area contributed by atoms with Crippen LogP contribution in [-0.2, 0) is 48.2 Å². The minimum atomic E-state index is -0.514. The van der Waals surface area contributed by atoms with Gasteiger partial charge in [0.15, 0.2) is 18.9 Å². The Labute approximate surface area is 636 Å². The average Bonchev–Trinajstić information content (AvgIpc) is 0.915. The Morgan fingerprint density at radius 2 is 0.827 bits per heavy atom. The number of carbonyl (C=O) groups excluding carboxylic acids is 9. The summed E-state index contributed by atoms with van der Waals surface area (Å²) in [5.41, 5.74) is 5.29. The van der Waals surface area contributed by atoms with Crippen molar-refractivity contribution in [3.8, 4) is 18.2 Å². The summed E-state index contributed by atoms with van der Waals surface area (Å²) in [5.74, 6) is 1.62. The molecule has 36 nitrogen and oxygen atoms in total. The van der Waals surface area contributed by atoms with Gasteiger partial charge in [0.1, 0.15) is 70.2 Å². The second-order valence-electron chi connectivity index (χ2n) is 27.6. The molecule has 6 fully saturated rings. The van der Waals surface area contributed by atoms with Crippen LogP contribution in [0.25, 0.3) is 0 Å². The first-order valence-corrected chi connectivity index (χ1v) is 35.3. The summed E-state index contributed by atoms with van der Waals surface area (Å²) in [6.07, 6.45) is 7.18. The maximum Gasteiger partial charge on any atom is 0.328 e. The van der Waals surface area contributed by atoms with Crippen molar-refractivity contribution >= 4 is 107 Å². The first-order chi connectivity index (χ1) is 52.8. The van der Waals surface area contributed by atoms with Crippen LogP contribution in [0.2, 0.25) is 0 Å². The number of rotatable bonds is 21. The highest BCUT2D eigenvalue weighted by Gasteiger charge is 2.40. The van der Waals surface area contributed by atoms with Gasteiger partial charge >= 0.3 is 18.1 Å². The quantitative estimate of drug-likeness (QED) is 0.0867. The Hall–Kier alpha value is -12.2. The molecule has 6 aliphatic rings. The molecule has 36 heteroatoms. The van der Waals surface area contributed by atoms with Gasteiger partial charge in [0.05, 0.1) is 71.2 Å². The molecule has 6 saturated heterocycles. The number of aromatic nitrogens is 6. The number of carbonyl (C=O) groups is 9. The first-order valence-electron chi connectivity index (χ1n) is 35.3. The third-order valence-corrected chi connectivity index (χ3v) is 19.8. The summed E-state index contributed by atoms with van der Waals surface area (Å²) in [6.45, 7) is 11.7. The molecule has 3 N–H and O–H groups in total. The molecule has 12 heterocycles. The zero-order valence-corrected chi connectivity index (χ0v) is 63.0. The minimum Gasteiger partial charge on any atom is -0.380 e. The molecule has 6 aliphatic heterocycles. The maximum absolute atomic E-state index is 13.0. The van der Waals surface area contributed by atoms with Crippen molar-refractivity contribution in [2.24, 2.45) is 0 Å². The Morgan fingerprint density at radius 3 is 1.13 bits per heavy atom. The molecular weight excluding hydrogens is 1420 g/mol. The summed E-state index contributed by atoms with van der Waals surface area (Å²) in [7, 11) is 15.2. The van der Waals surface area contributed by atoms with E-state index >= 15 is 0 Å². The lowest BCUT2D eigenvalue weighted by molar-refractivity contribution is -0.136. The van der Waals surface area contributed by atoms with Crippen LogP contribution in [0.5, 0.6) is 0 Å². The van der Waals surface area contributed by atoms with E-state index in [1.807, 2.05) is 57.5 Å². The van der Waals surface area contributed by atoms with Crippen molar-refractivity contribution in [3.63, 3.8) is 0 Å². The van der Waals surface area contributed by atoms with E-state index in [0.717, 1.165) is 32.6 Å². The SMILES string of the molecule is COC1(C)CN(c2cc(NC(=O)N(C)c3ccc(CN4CCN(C)CC4=O)c(C=O)n3)ncc2C#N)C1.COC1CCN(c2cc(NC(=O)N(C)c3ccc(CN4CCN(C)CC4=O)c(C=O)n3)ncc2C#N)C1.COC1CN(c2cc(NC(=O)N(C)c3ccc(CN4CCN(C)CC4=O)c(C=O)n3)ncc2C#N)C1. The Balaban J connectivity index is 0.000000176. The molecule has 6 aromatic rings. The first kappa shape index (κ1) is 80.3. The van der Waals surface area contributed by atoms with E-state index in [4.69, 9.17) is 14.2 Å². The molecule has 0 spiro atoms. The van der Waals surface area contributed by atoms with E-state index in [1.165, 1.54) is 54.4 Å². The summed E-state index contributed by atoms with van der Waals surface area (Å²) >= 11 is 0. The summed E-state index contributed by atoms with van der Waals surface area (Å²) in [5, 5.41) is 36.6. The van der Waals surface area contributed by atoms with Gasteiger partial charge in [-0.2, -0.15) is 15.8 Å². The van der Waals surface area contributed by atoms with Gasteiger partial charge in [0.2, 0.25) is 17.7 Å². The van der Waals surface area contributed by atoms with E-state index in [2.05, 4.69) is 64.1 Å². The third kappa shape index (κ3) is 19.4. The Bertz CT molecular complexity index is 4590. The van der Waals surface area contributed by atoms with Gasteiger partial charge in [-0.1, -0.05) is 18.2 Å². The molecule has 12 rings (SSSR count). The zero-order chi connectivity index (χ0) is 79.1. The lowest BCUT2D eigenvalue weighted by Crippen LogP contribution is -2.61. The molecular formula is C74H88N24O12. The Kier molecular flexibility index (Phi) is 26.4. The molecule has 110 heavy (non-hydrogen) atoms. The predicted molar refractivity (Wildman–Crippen MR) is 405 cm³/mol. The zero-order valence-electron chi connectivity index (χ0n) is 63.0. The molecule has 0 bridgehead atoms. The number of urea groups is 3. The van der Waals surface area contributed by atoms with Gasteiger partial charge in [-0.25, -0.2) is 44.3 Å². The monoisotopic (exact) mass is 1500 g/mol. The fourth-order valence-corrected chi connectivity index (χ4v) is 12.8. The maximum atomic E-state index is 13.0. The standard InChI is InChI=1S/2C25H30N8O4.C24H28N8O4/c1-25(37-4)15-33(16-25)20-9-21(27-11-18(20)10-26)29-24(36)31(3)22-6-5-17(19(14-34)28-22)12-32-8-7-30(2)13-23(32)35;1-30-8-9-33(24(35)15-30)13-17-4-5-23(28-20(17)16-34)31(2)25(36)29-22-10-21(18(11-26)12-27-22)32-7-6-19(14-32)37-3;1-29-6-7-31(23(34)14-29)11-16-4-5-22(27-19(16)15-33)30(2)24(35)28-21-8-20(17(9-25)10-26-21)32-12-18(13-32)36-3/h5-6,9,11,14H,7-8,12-13,15-16H2,1-4H3,(H,27,29,36);4-5,10,12,16,19H,6-9,13-15H2,1-3H3,(H,27,29,36);4-5,8,10,15,18H,6-7,11-14H2,1-3H3,(H,26,28,35). The van der Waals surface area contributed by atoms with Crippen LogP contribution in [0, 0.1) is 34.0 Å². The van der Waals surface area contributed by atoms with Crippen molar-refractivity contribution in [3.05, 3.63) is 124 Å². The van der Waals surface area contributed by atoms with E-state index < -0.39 is 18.1 Å². The number of nitrogens with one attached hydrogen (secondary N) is 3. The largest absolute Gasteiger partial charge is 0.380 e. The molecule has 9 amide bonds. The minimum absolute atomic E-state index is 0.00729. The highest BCUT2D eigenvalue weighted by atomic mass is 16.5. The molecule has 576 valence electrons. The number of anilines is 9. The molecule has 1 atom stereocenters. The number of likely N-dealkylation sites (N-methyl/N-ethyl adjacent to an activating group) is 3. The van der Waals surface area contributed by atoms with Gasteiger partial charge in [-0.3, -0.25) is 74.1 Å². The van der Waals surface area contributed by atoms with Gasteiger partial charge in [0.25, 0.3) is 0 Å². The van der Waals surface area contributed by atoms with Crippen LogP contribution < -0.4 is 45.3 Å². The van der Waals surface area contributed by atoms with E-state index in [9.17, 15) is 58.9 Å². The van der Waals surface area contributed by atoms with Gasteiger partial charge < -0.3 is 43.6 Å². The van der Waals surface area contributed by atoms with Crippen LogP contribution in [0.1, 0.15) is 78.2 Å². The lowest BCUT2D eigenvalue weighted by atomic mass is 9.95. The predicted octanol–water partition coefficient (Wildman–Crippen LogP) is 3.59. The van der Waals surface area contributed by atoms with Crippen LogP contribution in [0.15, 0.2) is 73.2 Å². The van der Waals surface area contributed by atoms with Gasteiger partial charge in [-0.05, 0) is 52.7 Å². The number of ether oxygens (including phenoxy) is 3. The number of nitrogens with zero attached hydrogens (tertiary/aromatic N) is 21. The van der Waals surface area contributed by atoms with Crippen molar-refractivity contribution in [1.82, 2.24) is 59.3 Å². The van der Waals surface area contributed by atoms with E-state index in [-0.39, 0.29) is 107 Å². The molecule has 0 saturated carbocycles. The lowest BCUT2D eigenvalue weighted by Gasteiger charge is -2.48. The second-order valence-corrected chi connectivity index (χ2v) is 27.6. The number of amides is 9. The summed E-state index contributed by atoms with van der Waals surface area (Å²) in [6, 6.07) is 19.9. The van der Waals surface area contributed by atoms with Crippen molar-refractivity contribution < 1.29 is 57.4 Å². The Morgan fingerprint density at radius 1 is 0.500 bits per heavy atom. The highest BCUT2D eigenvalue weighted by molar-refractivity contribution is 6.02. The van der Waals surface area contributed by atoms with Crippen molar-refractivity contribution in [2.75, 3.05) is 207 Å². The number of nitriles is 3. The fourth-order valence-electron chi connectivity index (χ4n) is 12.8. The second kappa shape index (κ2) is 36.1. The number of methoxy groups -OCH3 is 3. The third-order valence-electron chi connectivity index (χ3n) is 19.8. The van der Waals surface area contributed by atoms with Gasteiger partial charge in [0, 0.05) is 194 Å². The summed E-state index contributed by atoms with van der Waals surface area (Å²) in [4.78, 5) is 157. The average molecular weight is 1510 g/mol. The smallest absolute Gasteiger partial charge is 0.328 e. The van der Waals surface area contributed by atoms with E-state index in [0.29, 0.717) is 141 Å². The van der Waals surface area contributed by atoms with Crippen LogP contribution in [-0.4, -0.2) is 294 Å². The van der Waals surface area contributed by atoms with Gasteiger partial charge in [-0.15, -0.1) is 0 Å². The number of hydrogen-bond acceptors (Lipinski definition) is 27. The van der Waals surface area contributed by atoms with Crippen molar-refractivity contribution in [1.29, 1.82) is 15.8 Å². The van der Waals surface area contributed by atoms with Crippen molar-refractivity contribution in [2.45, 2.75) is 50.8 Å². The molecule has 1 unspecified atom stereocenters. The topological polar surface area (TPSA) is 405 Å².